The number of amides is 1. The van der Waals surface area contributed by atoms with Gasteiger partial charge in [0.1, 0.15) is 10.7 Å². The Morgan fingerprint density at radius 2 is 2.12 bits per heavy atom. The Morgan fingerprint density at radius 3 is 2.88 bits per heavy atom. The molecule has 25 heavy (non-hydrogen) atoms. The number of H-pyrrole nitrogens is 2. The van der Waals surface area contributed by atoms with Gasteiger partial charge in [0.05, 0.1) is 5.69 Å². The second-order valence-corrected chi connectivity index (χ2v) is 6.90. The van der Waals surface area contributed by atoms with Crippen LogP contribution in [0.15, 0.2) is 41.2 Å². The first-order valence-corrected chi connectivity index (χ1v) is 8.94. The number of carbonyl (C=O) groups excluding carboxylic acids is 1. The van der Waals surface area contributed by atoms with Crippen LogP contribution in [0.5, 0.6) is 0 Å². The first-order valence-electron chi connectivity index (χ1n) is 8.17. The van der Waals surface area contributed by atoms with Crippen LogP contribution < -0.4 is 5.69 Å². The lowest BCUT2D eigenvalue weighted by Gasteiger charge is -2.31. The minimum Gasteiger partial charge on any atom is -0.337 e. The number of aromatic amines is 2. The lowest BCUT2D eigenvalue weighted by molar-refractivity contribution is 0.0709. The zero-order valence-corrected chi connectivity index (χ0v) is 14.3. The van der Waals surface area contributed by atoms with Crippen LogP contribution in [0, 0.1) is 0 Å². The van der Waals surface area contributed by atoms with Crippen LogP contribution in [0.4, 0.5) is 0 Å². The number of benzene rings is 1. The Hall–Kier alpha value is -2.74. The number of nitrogens with one attached hydrogen (secondary N) is 2. The number of likely N-dealkylation sites (tertiary alicyclic amines) is 1. The predicted octanol–water partition coefficient (Wildman–Crippen LogP) is 2.24. The molecule has 0 spiro atoms. The van der Waals surface area contributed by atoms with Crippen LogP contribution in [-0.2, 0) is 0 Å². The summed E-state index contributed by atoms with van der Waals surface area (Å²) in [4.78, 5) is 29.2. The summed E-state index contributed by atoms with van der Waals surface area (Å²) >= 11 is 1.23. The Kier molecular flexibility index (Phi) is 4.19. The summed E-state index contributed by atoms with van der Waals surface area (Å²) < 4.78 is 4.41. The van der Waals surface area contributed by atoms with Crippen molar-refractivity contribution < 1.29 is 4.79 Å². The molecule has 128 valence electrons. The van der Waals surface area contributed by atoms with Crippen molar-refractivity contribution in [3.05, 3.63) is 57.6 Å². The molecule has 0 radical (unpaired) electrons. The highest BCUT2D eigenvalue weighted by Gasteiger charge is 2.28. The number of piperidine rings is 1. The van der Waals surface area contributed by atoms with Gasteiger partial charge in [-0.3, -0.25) is 9.78 Å². The average Bonchev–Trinajstić information content (AvgIpc) is 3.31. The van der Waals surface area contributed by atoms with E-state index in [1.54, 1.807) is 0 Å². The Labute approximate surface area is 147 Å². The highest BCUT2D eigenvalue weighted by molar-refractivity contribution is 7.08. The quantitative estimate of drug-likeness (QED) is 0.753. The molecule has 1 aromatic carbocycles. The van der Waals surface area contributed by atoms with Gasteiger partial charge in [-0.15, -0.1) is 0 Å². The van der Waals surface area contributed by atoms with Crippen molar-refractivity contribution in [3.8, 4) is 11.3 Å². The Morgan fingerprint density at radius 1 is 1.28 bits per heavy atom. The number of rotatable bonds is 3. The lowest BCUT2D eigenvalue weighted by Crippen LogP contribution is -2.39. The van der Waals surface area contributed by atoms with Gasteiger partial charge >= 0.3 is 5.69 Å². The molecule has 1 aliphatic heterocycles. The van der Waals surface area contributed by atoms with Gasteiger partial charge in [-0.2, -0.15) is 9.47 Å². The lowest BCUT2D eigenvalue weighted by atomic mass is 9.97. The third kappa shape index (κ3) is 3.25. The molecule has 0 bridgehead atoms. The zero-order valence-electron chi connectivity index (χ0n) is 13.4. The van der Waals surface area contributed by atoms with E-state index in [0.717, 1.165) is 24.1 Å². The molecular formula is C17H17N5O2S. The fourth-order valence-corrected chi connectivity index (χ4v) is 3.86. The third-order valence-corrected chi connectivity index (χ3v) is 5.18. The molecule has 8 heteroatoms. The fourth-order valence-electron chi connectivity index (χ4n) is 3.14. The van der Waals surface area contributed by atoms with Crippen molar-refractivity contribution >= 4 is 17.4 Å². The second-order valence-electron chi connectivity index (χ2n) is 6.10. The summed E-state index contributed by atoms with van der Waals surface area (Å²) in [6.45, 7) is 1.26. The number of aromatic nitrogens is 4. The first-order chi connectivity index (χ1) is 12.2. The highest BCUT2D eigenvalue weighted by Crippen LogP contribution is 2.27. The summed E-state index contributed by atoms with van der Waals surface area (Å²) in [5, 5.41) is 6.40. The molecule has 2 N–H and O–H groups in total. The number of hydrogen-bond acceptors (Lipinski definition) is 5. The minimum absolute atomic E-state index is 0.0118. The highest BCUT2D eigenvalue weighted by atomic mass is 32.1. The summed E-state index contributed by atoms with van der Waals surface area (Å²) in [5.74, 6) is 0.664. The largest absolute Gasteiger partial charge is 0.340 e. The van der Waals surface area contributed by atoms with E-state index in [-0.39, 0.29) is 17.5 Å². The van der Waals surface area contributed by atoms with Gasteiger partial charge in [0.25, 0.3) is 5.91 Å². The number of hydrogen-bond donors (Lipinski definition) is 2. The van der Waals surface area contributed by atoms with Crippen LogP contribution in [0.25, 0.3) is 11.3 Å². The van der Waals surface area contributed by atoms with Crippen molar-refractivity contribution in [2.24, 2.45) is 0 Å². The predicted molar refractivity (Wildman–Crippen MR) is 94.6 cm³/mol. The molecule has 7 nitrogen and oxygen atoms in total. The Balaban J connectivity index is 1.51. The fraction of sp³-hybridized carbons (Fsp3) is 0.294. The van der Waals surface area contributed by atoms with E-state index in [9.17, 15) is 9.59 Å². The summed E-state index contributed by atoms with van der Waals surface area (Å²) in [6, 6.07) is 11.7. The number of nitrogens with zero attached hydrogens (tertiary/aromatic N) is 3. The molecular weight excluding hydrogens is 338 g/mol. The smallest absolute Gasteiger partial charge is 0.337 e. The normalized spacial score (nSPS) is 17.6. The van der Waals surface area contributed by atoms with Gasteiger partial charge in [-0.05, 0) is 30.4 Å². The van der Waals surface area contributed by atoms with Crippen molar-refractivity contribution in [3.63, 3.8) is 0 Å². The molecule has 1 aliphatic rings. The summed E-state index contributed by atoms with van der Waals surface area (Å²) in [5.41, 5.74) is 1.51. The third-order valence-electron chi connectivity index (χ3n) is 4.41. The van der Waals surface area contributed by atoms with Gasteiger partial charge in [-0.25, -0.2) is 9.89 Å². The number of carbonyl (C=O) groups is 1. The van der Waals surface area contributed by atoms with E-state index >= 15 is 0 Å². The van der Waals surface area contributed by atoms with Crippen molar-refractivity contribution in [1.29, 1.82) is 0 Å². The van der Waals surface area contributed by atoms with E-state index in [1.165, 1.54) is 11.5 Å². The van der Waals surface area contributed by atoms with Crippen LogP contribution >= 0.6 is 11.5 Å². The molecule has 0 aliphatic carbocycles. The molecule has 1 fully saturated rings. The molecule has 2 aromatic heterocycles. The van der Waals surface area contributed by atoms with Gasteiger partial charge in [0.2, 0.25) is 0 Å². The molecule has 0 saturated carbocycles. The van der Waals surface area contributed by atoms with Gasteiger partial charge in [-0.1, -0.05) is 30.3 Å². The van der Waals surface area contributed by atoms with E-state index in [2.05, 4.69) is 19.6 Å². The minimum atomic E-state index is -0.312. The molecule has 4 rings (SSSR count). The molecule has 1 saturated heterocycles. The standard InChI is InChI=1S/C17H17N5O2S/c23-16(14-9-13(21-25-14)11-5-2-1-3-6-11)22-8-4-7-12(10-22)15-18-17(24)20-19-15/h1-3,5-6,9,12H,4,7-8,10H2,(H2,18,19,20,24)/t12-/m1/s1. The summed E-state index contributed by atoms with van der Waals surface area (Å²) in [6.07, 6.45) is 1.79. The maximum atomic E-state index is 12.8. The van der Waals surface area contributed by atoms with Gasteiger partial charge < -0.3 is 4.90 Å². The van der Waals surface area contributed by atoms with E-state index in [4.69, 9.17) is 0 Å². The van der Waals surface area contributed by atoms with E-state index in [0.29, 0.717) is 23.8 Å². The molecule has 1 amide bonds. The van der Waals surface area contributed by atoms with E-state index < -0.39 is 0 Å². The SMILES string of the molecule is O=C(c1cc(-c2ccccc2)ns1)N1CCC[C@@H](c2n[nH]c(=O)[nH]2)C1. The molecule has 3 aromatic rings. The van der Waals surface area contributed by atoms with Crippen molar-refractivity contribution in [2.75, 3.05) is 13.1 Å². The summed E-state index contributed by atoms with van der Waals surface area (Å²) in [7, 11) is 0. The molecule has 1 atom stereocenters. The van der Waals surface area contributed by atoms with Crippen molar-refractivity contribution in [1.82, 2.24) is 24.5 Å². The van der Waals surface area contributed by atoms with Gasteiger partial charge in [0.15, 0.2) is 0 Å². The second kappa shape index (κ2) is 6.64. The molecule has 3 heterocycles. The topological polar surface area (TPSA) is 94.7 Å². The first kappa shape index (κ1) is 15.8. The average molecular weight is 355 g/mol. The van der Waals surface area contributed by atoms with E-state index in [1.807, 2.05) is 41.3 Å². The maximum Gasteiger partial charge on any atom is 0.340 e. The van der Waals surface area contributed by atoms with Crippen LogP contribution in [0.1, 0.15) is 34.3 Å². The van der Waals surface area contributed by atoms with Crippen LogP contribution in [0.2, 0.25) is 0 Å². The van der Waals surface area contributed by atoms with Crippen LogP contribution in [0.3, 0.4) is 0 Å². The van der Waals surface area contributed by atoms with Crippen molar-refractivity contribution in [2.45, 2.75) is 18.8 Å². The van der Waals surface area contributed by atoms with Crippen LogP contribution in [-0.4, -0.2) is 43.5 Å². The monoisotopic (exact) mass is 355 g/mol. The maximum absolute atomic E-state index is 12.8. The Bertz CT molecular complexity index is 930. The molecule has 0 unspecified atom stereocenters. The zero-order chi connectivity index (χ0) is 17.2. The van der Waals surface area contributed by atoms with Gasteiger partial charge in [0, 0.05) is 24.6 Å².